The molecule has 0 bridgehead atoms. The van der Waals surface area contributed by atoms with Crippen LogP contribution in [0.5, 0.6) is 0 Å². The standard InChI is InChI=1S/C22H37BN2O3/c1-15-13-18(25-19(26)27-21(5,6)7)24-14-17(15)23(16-11-10-12-16)28-22(8,9)20(2,3)4/h13-14,16H,10-12H2,1-9H3,(H,24,25,26). The number of ether oxygens (including phenoxy) is 1. The number of amides is 1. The minimum atomic E-state index is -0.541. The van der Waals surface area contributed by atoms with Gasteiger partial charge in [-0.1, -0.05) is 40.0 Å². The Morgan fingerprint density at radius 2 is 1.75 bits per heavy atom. The molecule has 28 heavy (non-hydrogen) atoms. The Morgan fingerprint density at radius 3 is 2.18 bits per heavy atom. The Morgan fingerprint density at radius 1 is 1.14 bits per heavy atom. The number of carbonyl (C=O) groups excluding carboxylic acids is 1. The number of rotatable bonds is 5. The van der Waals surface area contributed by atoms with Crippen LogP contribution in [0, 0.1) is 12.3 Å². The third-order valence-corrected chi connectivity index (χ3v) is 5.89. The molecule has 1 aliphatic carbocycles. The first kappa shape index (κ1) is 22.7. The highest BCUT2D eigenvalue weighted by Gasteiger charge is 2.43. The monoisotopic (exact) mass is 388 g/mol. The van der Waals surface area contributed by atoms with Crippen molar-refractivity contribution in [2.75, 3.05) is 5.32 Å². The fraction of sp³-hybridized carbons (Fsp3) is 0.727. The highest BCUT2D eigenvalue weighted by atomic mass is 16.6. The largest absolute Gasteiger partial charge is 0.444 e. The van der Waals surface area contributed by atoms with E-state index >= 15 is 0 Å². The molecule has 0 unspecified atom stereocenters. The number of nitrogens with one attached hydrogen (secondary N) is 1. The van der Waals surface area contributed by atoms with Crippen LogP contribution in [0.15, 0.2) is 12.3 Å². The minimum Gasteiger partial charge on any atom is -0.444 e. The summed E-state index contributed by atoms with van der Waals surface area (Å²) in [6.45, 7) is 18.6. The lowest BCUT2D eigenvalue weighted by molar-refractivity contribution is -0.00363. The summed E-state index contributed by atoms with van der Waals surface area (Å²) in [5, 5.41) is 2.72. The molecule has 5 nitrogen and oxygen atoms in total. The van der Waals surface area contributed by atoms with E-state index < -0.39 is 11.7 Å². The molecule has 0 saturated heterocycles. The number of hydrogen-bond acceptors (Lipinski definition) is 4. The number of carbonyl (C=O) groups is 1. The van der Waals surface area contributed by atoms with Gasteiger partial charge in [0, 0.05) is 6.20 Å². The van der Waals surface area contributed by atoms with Crippen LogP contribution in [-0.4, -0.2) is 29.2 Å². The molecule has 1 aromatic rings. The molecule has 0 atom stereocenters. The number of aryl methyl sites for hydroxylation is 1. The summed E-state index contributed by atoms with van der Waals surface area (Å²) in [6.07, 6.45) is 4.98. The normalized spacial score (nSPS) is 15.8. The first-order valence-electron chi connectivity index (χ1n) is 10.3. The van der Waals surface area contributed by atoms with Gasteiger partial charge in [-0.15, -0.1) is 0 Å². The van der Waals surface area contributed by atoms with Crippen molar-refractivity contribution in [1.29, 1.82) is 0 Å². The molecule has 156 valence electrons. The van der Waals surface area contributed by atoms with Gasteiger partial charge in [0.15, 0.2) is 0 Å². The van der Waals surface area contributed by atoms with Crippen molar-refractivity contribution in [2.45, 2.75) is 98.6 Å². The molecular weight excluding hydrogens is 351 g/mol. The van der Waals surface area contributed by atoms with Crippen LogP contribution in [0.4, 0.5) is 10.6 Å². The third kappa shape index (κ3) is 5.73. The highest BCUT2D eigenvalue weighted by molar-refractivity contribution is 6.69. The lowest BCUT2D eigenvalue weighted by atomic mass is 9.44. The van der Waals surface area contributed by atoms with Gasteiger partial charge in [0.1, 0.15) is 11.4 Å². The van der Waals surface area contributed by atoms with E-state index in [1.807, 2.05) is 33.0 Å². The molecule has 1 heterocycles. The lowest BCUT2D eigenvalue weighted by Crippen LogP contribution is -2.52. The predicted octanol–water partition coefficient (Wildman–Crippen LogP) is 5.33. The molecule has 0 aliphatic heterocycles. The molecule has 1 aromatic heterocycles. The van der Waals surface area contributed by atoms with Crippen LogP contribution in [0.1, 0.15) is 80.2 Å². The van der Waals surface area contributed by atoms with E-state index in [0.29, 0.717) is 11.6 Å². The molecule has 1 N–H and O–H groups in total. The van der Waals surface area contributed by atoms with E-state index in [0.717, 1.165) is 11.0 Å². The van der Waals surface area contributed by atoms with Crippen molar-refractivity contribution in [1.82, 2.24) is 4.98 Å². The summed E-state index contributed by atoms with van der Waals surface area (Å²) in [5.41, 5.74) is 1.39. The Bertz CT molecular complexity index is 701. The smallest absolute Gasteiger partial charge is 0.413 e. The summed E-state index contributed by atoms with van der Waals surface area (Å²) in [4.78, 5) is 16.5. The average Bonchev–Trinajstić information content (AvgIpc) is 2.41. The summed E-state index contributed by atoms with van der Waals surface area (Å²) in [6, 6.07) is 1.90. The summed E-state index contributed by atoms with van der Waals surface area (Å²) < 4.78 is 12.0. The maximum atomic E-state index is 12.0. The molecule has 2 rings (SSSR count). The fourth-order valence-electron chi connectivity index (χ4n) is 2.99. The van der Waals surface area contributed by atoms with Crippen LogP contribution in [0.25, 0.3) is 0 Å². The Balaban J connectivity index is 2.22. The molecule has 1 saturated carbocycles. The SMILES string of the molecule is Cc1cc(NC(=O)OC(C)(C)C)ncc1B(OC(C)(C)C(C)(C)C)C1CCC1. The van der Waals surface area contributed by atoms with Gasteiger partial charge < -0.3 is 9.39 Å². The van der Waals surface area contributed by atoms with E-state index in [4.69, 9.17) is 9.39 Å². The summed E-state index contributed by atoms with van der Waals surface area (Å²) in [5.74, 6) is 1.02. The molecule has 6 heteroatoms. The first-order chi connectivity index (χ1) is 12.7. The van der Waals surface area contributed by atoms with Crippen LogP contribution in [0.3, 0.4) is 0 Å². The van der Waals surface area contributed by atoms with Crippen molar-refractivity contribution >= 4 is 24.3 Å². The van der Waals surface area contributed by atoms with Gasteiger partial charge >= 0.3 is 13.0 Å². The Labute approximate surface area is 171 Å². The van der Waals surface area contributed by atoms with Crippen molar-refractivity contribution in [3.63, 3.8) is 0 Å². The second kappa shape index (κ2) is 8.06. The van der Waals surface area contributed by atoms with Crippen LogP contribution in [0.2, 0.25) is 5.82 Å². The van der Waals surface area contributed by atoms with Crippen molar-refractivity contribution in [3.8, 4) is 0 Å². The van der Waals surface area contributed by atoms with Crippen molar-refractivity contribution in [2.24, 2.45) is 5.41 Å². The number of hydrogen-bond donors (Lipinski definition) is 1. The second-order valence-electron chi connectivity index (χ2n) is 10.5. The van der Waals surface area contributed by atoms with E-state index in [1.54, 1.807) is 0 Å². The second-order valence-corrected chi connectivity index (χ2v) is 10.5. The zero-order valence-electron chi connectivity index (χ0n) is 19.1. The van der Waals surface area contributed by atoms with Gasteiger partial charge in [-0.3, -0.25) is 5.32 Å². The van der Waals surface area contributed by atoms with Gasteiger partial charge in [0.05, 0.1) is 5.60 Å². The van der Waals surface area contributed by atoms with E-state index in [9.17, 15) is 4.79 Å². The van der Waals surface area contributed by atoms with Gasteiger partial charge in [0.2, 0.25) is 0 Å². The van der Waals surface area contributed by atoms with Gasteiger partial charge in [0.25, 0.3) is 0 Å². The summed E-state index contributed by atoms with van der Waals surface area (Å²) in [7, 11) is 0. The zero-order chi connectivity index (χ0) is 21.3. The molecule has 0 aromatic carbocycles. The maximum absolute atomic E-state index is 12.0. The molecule has 0 radical (unpaired) electrons. The lowest BCUT2D eigenvalue weighted by Gasteiger charge is -2.44. The van der Waals surface area contributed by atoms with Gasteiger partial charge in [-0.05, 0) is 69.9 Å². The quantitative estimate of drug-likeness (QED) is 0.693. The maximum Gasteiger partial charge on any atom is 0.413 e. The zero-order valence-corrected chi connectivity index (χ0v) is 19.1. The van der Waals surface area contributed by atoms with E-state index in [2.05, 4.69) is 51.8 Å². The van der Waals surface area contributed by atoms with Crippen molar-refractivity contribution in [3.05, 3.63) is 17.8 Å². The number of pyridine rings is 1. The molecule has 1 fully saturated rings. The predicted molar refractivity (Wildman–Crippen MR) is 116 cm³/mol. The highest BCUT2D eigenvalue weighted by Crippen LogP contribution is 2.40. The summed E-state index contributed by atoms with van der Waals surface area (Å²) >= 11 is 0. The molecular formula is C22H37BN2O3. The Kier molecular flexibility index (Phi) is 6.54. The topological polar surface area (TPSA) is 60.5 Å². The number of anilines is 1. The molecule has 0 spiro atoms. The molecule has 1 amide bonds. The van der Waals surface area contributed by atoms with E-state index in [-0.39, 0.29) is 17.9 Å². The van der Waals surface area contributed by atoms with E-state index in [1.165, 1.54) is 19.3 Å². The number of aromatic nitrogens is 1. The van der Waals surface area contributed by atoms with Crippen LogP contribution >= 0.6 is 0 Å². The van der Waals surface area contributed by atoms with Crippen LogP contribution < -0.4 is 10.8 Å². The van der Waals surface area contributed by atoms with Crippen molar-refractivity contribution < 1.29 is 14.2 Å². The van der Waals surface area contributed by atoms with Gasteiger partial charge in [-0.2, -0.15) is 0 Å². The molecule has 1 aliphatic rings. The number of nitrogens with zero attached hydrogens (tertiary/aromatic N) is 1. The fourth-order valence-corrected chi connectivity index (χ4v) is 2.99. The minimum absolute atomic E-state index is 0.0195. The van der Waals surface area contributed by atoms with Gasteiger partial charge in [-0.25, -0.2) is 9.78 Å². The Hall–Kier alpha value is -1.56. The average molecular weight is 388 g/mol. The van der Waals surface area contributed by atoms with Crippen LogP contribution in [-0.2, 0) is 9.39 Å². The first-order valence-corrected chi connectivity index (χ1v) is 10.3. The third-order valence-electron chi connectivity index (χ3n) is 5.89.